The van der Waals surface area contributed by atoms with E-state index in [0.29, 0.717) is 12.5 Å². The highest BCUT2D eigenvalue weighted by atomic mass is 35.5. The fourth-order valence-corrected chi connectivity index (χ4v) is 3.19. The van der Waals surface area contributed by atoms with Gasteiger partial charge in [-0.1, -0.05) is 48.5 Å². The van der Waals surface area contributed by atoms with Crippen molar-refractivity contribution in [2.24, 2.45) is 5.73 Å². The number of para-hydroxylation sites is 1. The fraction of sp³-hybridized carbons (Fsp3) is 0.316. The first-order chi connectivity index (χ1) is 11.1. The van der Waals surface area contributed by atoms with Crippen LogP contribution in [0.4, 0.5) is 5.69 Å². The third-order valence-corrected chi connectivity index (χ3v) is 4.54. The van der Waals surface area contributed by atoms with Gasteiger partial charge in [0, 0.05) is 37.8 Å². The van der Waals surface area contributed by atoms with Crippen LogP contribution >= 0.6 is 12.4 Å². The molecule has 3 rings (SSSR count). The molecule has 1 fully saturated rings. The van der Waals surface area contributed by atoms with E-state index in [9.17, 15) is 4.79 Å². The molecular formula is C19H24ClN3O. The Labute approximate surface area is 149 Å². The highest BCUT2D eigenvalue weighted by Crippen LogP contribution is 2.26. The van der Waals surface area contributed by atoms with Crippen LogP contribution in [0, 0.1) is 0 Å². The van der Waals surface area contributed by atoms with Gasteiger partial charge in [-0.05, 0) is 17.7 Å². The number of likely N-dealkylation sites (N-methyl/N-ethyl adjacent to an activating group) is 1. The van der Waals surface area contributed by atoms with Crippen LogP contribution in [0.15, 0.2) is 60.7 Å². The number of hydrogen-bond donors (Lipinski definition) is 1. The van der Waals surface area contributed by atoms with E-state index in [2.05, 4.69) is 17.0 Å². The third kappa shape index (κ3) is 4.15. The van der Waals surface area contributed by atoms with E-state index >= 15 is 0 Å². The van der Waals surface area contributed by atoms with Crippen molar-refractivity contribution in [3.05, 3.63) is 66.2 Å². The average molecular weight is 346 g/mol. The third-order valence-electron chi connectivity index (χ3n) is 4.54. The van der Waals surface area contributed by atoms with Crippen molar-refractivity contribution in [2.75, 3.05) is 31.6 Å². The Hall–Kier alpha value is -1.88. The van der Waals surface area contributed by atoms with E-state index in [0.717, 1.165) is 18.8 Å². The van der Waals surface area contributed by atoms with Gasteiger partial charge in [0.05, 0.1) is 6.54 Å². The summed E-state index contributed by atoms with van der Waals surface area (Å²) in [6.45, 7) is 2.00. The van der Waals surface area contributed by atoms with Crippen molar-refractivity contribution in [2.45, 2.75) is 12.0 Å². The molecule has 0 spiro atoms. The van der Waals surface area contributed by atoms with Gasteiger partial charge < -0.3 is 10.6 Å². The zero-order valence-corrected chi connectivity index (χ0v) is 14.7. The summed E-state index contributed by atoms with van der Waals surface area (Å²) >= 11 is 0. The smallest absolute Gasteiger partial charge is 0.240 e. The Morgan fingerprint density at radius 2 is 1.67 bits per heavy atom. The molecule has 0 aliphatic carbocycles. The second kappa shape index (κ2) is 8.29. The summed E-state index contributed by atoms with van der Waals surface area (Å²) in [6.07, 6.45) is 0. The molecule has 1 heterocycles. The molecular weight excluding hydrogens is 322 g/mol. The van der Waals surface area contributed by atoms with Crippen LogP contribution < -0.4 is 10.6 Å². The molecule has 0 bridgehead atoms. The van der Waals surface area contributed by atoms with Gasteiger partial charge in [0.1, 0.15) is 0 Å². The SMILES string of the molecule is CN(C(=O)CN1C[C@@H](N)[C@H](c2ccccc2)C1)c1ccccc1.Cl. The minimum Gasteiger partial charge on any atom is -0.326 e. The molecule has 0 radical (unpaired) electrons. The van der Waals surface area contributed by atoms with Crippen molar-refractivity contribution < 1.29 is 4.79 Å². The van der Waals surface area contributed by atoms with Gasteiger partial charge >= 0.3 is 0 Å². The van der Waals surface area contributed by atoms with Gasteiger partial charge in [0.2, 0.25) is 5.91 Å². The molecule has 0 unspecified atom stereocenters. The van der Waals surface area contributed by atoms with Gasteiger partial charge in [-0.2, -0.15) is 0 Å². The zero-order valence-electron chi connectivity index (χ0n) is 13.8. The molecule has 1 amide bonds. The predicted molar refractivity (Wildman–Crippen MR) is 101 cm³/mol. The number of nitrogens with two attached hydrogens (primary N) is 1. The number of carbonyl (C=O) groups excluding carboxylic acids is 1. The van der Waals surface area contributed by atoms with Crippen molar-refractivity contribution in [3.8, 4) is 0 Å². The van der Waals surface area contributed by atoms with E-state index in [1.165, 1.54) is 5.56 Å². The largest absolute Gasteiger partial charge is 0.326 e. The summed E-state index contributed by atoms with van der Waals surface area (Å²) in [5.74, 6) is 0.392. The first-order valence-electron chi connectivity index (χ1n) is 7.99. The molecule has 2 N–H and O–H groups in total. The minimum absolute atomic E-state index is 0. The number of rotatable bonds is 4. The van der Waals surface area contributed by atoms with Crippen LogP contribution in [0.5, 0.6) is 0 Å². The Balaban J connectivity index is 0.00000208. The minimum atomic E-state index is 0. The van der Waals surface area contributed by atoms with Gasteiger partial charge in [0.15, 0.2) is 0 Å². The van der Waals surface area contributed by atoms with E-state index in [-0.39, 0.29) is 24.4 Å². The summed E-state index contributed by atoms with van der Waals surface area (Å²) in [5.41, 5.74) is 8.47. The quantitative estimate of drug-likeness (QED) is 0.926. The van der Waals surface area contributed by atoms with Crippen LogP contribution in [-0.4, -0.2) is 43.5 Å². The number of likely N-dealkylation sites (tertiary alicyclic amines) is 1. The topological polar surface area (TPSA) is 49.6 Å². The molecule has 1 saturated heterocycles. The maximum Gasteiger partial charge on any atom is 0.240 e. The highest BCUT2D eigenvalue weighted by molar-refractivity contribution is 5.94. The molecule has 4 nitrogen and oxygen atoms in total. The van der Waals surface area contributed by atoms with Crippen LogP contribution in [0.25, 0.3) is 0 Å². The molecule has 2 aromatic carbocycles. The number of hydrogen-bond acceptors (Lipinski definition) is 3. The number of halogens is 1. The fourth-order valence-electron chi connectivity index (χ4n) is 3.19. The van der Waals surface area contributed by atoms with Crippen LogP contribution in [0.3, 0.4) is 0 Å². The van der Waals surface area contributed by atoms with Crippen LogP contribution in [0.2, 0.25) is 0 Å². The van der Waals surface area contributed by atoms with Gasteiger partial charge in [0.25, 0.3) is 0 Å². The molecule has 0 aromatic heterocycles. The Bertz CT molecular complexity index is 650. The molecule has 128 valence electrons. The summed E-state index contributed by atoms with van der Waals surface area (Å²) in [4.78, 5) is 16.4. The Morgan fingerprint density at radius 1 is 1.08 bits per heavy atom. The van der Waals surface area contributed by atoms with Crippen molar-refractivity contribution >= 4 is 24.0 Å². The molecule has 2 atom stereocenters. The van der Waals surface area contributed by atoms with Crippen LogP contribution in [0.1, 0.15) is 11.5 Å². The lowest BCUT2D eigenvalue weighted by molar-refractivity contribution is -0.119. The Kier molecular flexibility index (Phi) is 6.37. The number of carbonyl (C=O) groups is 1. The Morgan fingerprint density at radius 3 is 2.29 bits per heavy atom. The van der Waals surface area contributed by atoms with E-state index in [4.69, 9.17) is 5.73 Å². The lowest BCUT2D eigenvalue weighted by atomic mass is 9.95. The molecule has 0 saturated carbocycles. The van der Waals surface area contributed by atoms with E-state index in [1.807, 2.05) is 55.6 Å². The molecule has 1 aliphatic heterocycles. The summed E-state index contributed by atoms with van der Waals surface area (Å²) in [6, 6.07) is 20.1. The molecule has 2 aromatic rings. The monoisotopic (exact) mass is 345 g/mol. The number of amides is 1. The maximum absolute atomic E-state index is 12.5. The number of benzene rings is 2. The number of anilines is 1. The molecule has 24 heavy (non-hydrogen) atoms. The number of nitrogens with zero attached hydrogens (tertiary/aromatic N) is 2. The van der Waals surface area contributed by atoms with E-state index < -0.39 is 0 Å². The van der Waals surface area contributed by atoms with Crippen LogP contribution in [-0.2, 0) is 4.79 Å². The van der Waals surface area contributed by atoms with Gasteiger partial charge in [-0.3, -0.25) is 9.69 Å². The second-order valence-electron chi connectivity index (χ2n) is 6.16. The highest BCUT2D eigenvalue weighted by Gasteiger charge is 2.32. The molecule has 5 heteroatoms. The zero-order chi connectivity index (χ0) is 16.2. The summed E-state index contributed by atoms with van der Waals surface area (Å²) in [7, 11) is 1.82. The normalized spacial score (nSPS) is 20.4. The second-order valence-corrected chi connectivity index (χ2v) is 6.16. The van der Waals surface area contributed by atoms with E-state index in [1.54, 1.807) is 4.90 Å². The van der Waals surface area contributed by atoms with Crippen molar-refractivity contribution in [3.63, 3.8) is 0 Å². The maximum atomic E-state index is 12.5. The van der Waals surface area contributed by atoms with Crippen molar-refractivity contribution in [1.29, 1.82) is 0 Å². The lowest BCUT2D eigenvalue weighted by Crippen LogP contribution is -2.38. The first-order valence-corrected chi connectivity index (χ1v) is 7.99. The van der Waals surface area contributed by atoms with Gasteiger partial charge in [-0.15, -0.1) is 12.4 Å². The summed E-state index contributed by atoms with van der Waals surface area (Å²) < 4.78 is 0. The molecule has 1 aliphatic rings. The average Bonchev–Trinajstić information content (AvgIpc) is 2.96. The predicted octanol–water partition coefficient (Wildman–Crippen LogP) is 2.50. The standard InChI is InChI=1S/C19H23N3O.ClH/c1-21(16-10-6-3-7-11-16)19(23)14-22-12-17(18(20)13-22)15-8-4-2-5-9-15;/h2-11,17-18H,12-14,20H2,1H3;1H/t17-,18+;/m0./s1. The summed E-state index contributed by atoms with van der Waals surface area (Å²) in [5, 5.41) is 0. The van der Waals surface area contributed by atoms with Gasteiger partial charge in [-0.25, -0.2) is 0 Å². The van der Waals surface area contributed by atoms with Crippen molar-refractivity contribution in [1.82, 2.24) is 4.90 Å². The lowest BCUT2D eigenvalue weighted by Gasteiger charge is -2.21. The first kappa shape index (κ1) is 18.5.